The maximum Gasteiger partial charge on any atom is 0.435 e. The van der Waals surface area contributed by atoms with Crippen LogP contribution in [0.25, 0.3) is 10.9 Å². The molecule has 0 atom stereocenters. The Kier molecular flexibility index (Phi) is 3.42. The number of fused-ring (bicyclic) bond motifs is 1. The summed E-state index contributed by atoms with van der Waals surface area (Å²) in [6, 6.07) is 5.69. The summed E-state index contributed by atoms with van der Waals surface area (Å²) in [4.78, 5) is 20.4. The van der Waals surface area contributed by atoms with E-state index in [1.807, 2.05) is 18.2 Å². The van der Waals surface area contributed by atoms with Crippen LogP contribution in [0.1, 0.15) is 19.3 Å². The van der Waals surface area contributed by atoms with Crippen LogP contribution in [-0.2, 0) is 0 Å². The fourth-order valence-corrected chi connectivity index (χ4v) is 2.73. The Bertz CT molecular complexity index is 605. The van der Waals surface area contributed by atoms with Crippen LogP contribution >= 0.6 is 15.9 Å². The highest BCUT2D eigenvalue weighted by Crippen LogP contribution is 2.22. The first-order chi connectivity index (χ1) is 9.25. The standard InChI is InChI=1S/C13H14BrN3O2/c14-11-5-4-6-12-10(11)9-15-17(12)19-13(18)16-7-2-1-3-8-16/h4-6,9H,1-3,7-8H2. The van der Waals surface area contributed by atoms with Gasteiger partial charge in [0.25, 0.3) is 0 Å². The van der Waals surface area contributed by atoms with E-state index < -0.39 is 0 Å². The summed E-state index contributed by atoms with van der Waals surface area (Å²) in [6.45, 7) is 1.53. The van der Waals surface area contributed by atoms with Gasteiger partial charge in [0.15, 0.2) is 0 Å². The lowest BCUT2D eigenvalue weighted by atomic mass is 10.1. The van der Waals surface area contributed by atoms with Gasteiger partial charge in [0, 0.05) is 22.9 Å². The number of carbonyl (C=O) groups excluding carboxylic acids is 1. The lowest BCUT2D eigenvalue weighted by Crippen LogP contribution is -2.40. The molecule has 1 saturated heterocycles. The van der Waals surface area contributed by atoms with Crippen molar-refractivity contribution < 1.29 is 9.63 Å². The van der Waals surface area contributed by atoms with E-state index in [2.05, 4.69) is 21.0 Å². The van der Waals surface area contributed by atoms with Crippen molar-refractivity contribution >= 4 is 32.9 Å². The van der Waals surface area contributed by atoms with Crippen LogP contribution < -0.4 is 4.84 Å². The second-order valence-corrected chi connectivity index (χ2v) is 5.45. The summed E-state index contributed by atoms with van der Waals surface area (Å²) in [6.07, 6.45) is 4.62. The Morgan fingerprint density at radius 3 is 2.84 bits per heavy atom. The molecule has 0 N–H and O–H groups in total. The Hall–Kier alpha value is -1.56. The molecular weight excluding hydrogens is 310 g/mol. The second-order valence-electron chi connectivity index (χ2n) is 4.60. The number of aromatic nitrogens is 2. The van der Waals surface area contributed by atoms with Crippen LogP contribution in [0.15, 0.2) is 28.9 Å². The summed E-state index contributed by atoms with van der Waals surface area (Å²) in [5.41, 5.74) is 0.778. The summed E-state index contributed by atoms with van der Waals surface area (Å²) in [5, 5.41) is 5.03. The fourth-order valence-electron chi connectivity index (χ4n) is 2.27. The van der Waals surface area contributed by atoms with E-state index in [0.29, 0.717) is 0 Å². The highest BCUT2D eigenvalue weighted by atomic mass is 79.9. The molecule has 1 aromatic heterocycles. The van der Waals surface area contributed by atoms with E-state index in [1.54, 1.807) is 11.1 Å². The molecule has 1 aromatic carbocycles. The number of nitrogens with zero attached hydrogens (tertiary/aromatic N) is 3. The minimum Gasteiger partial charge on any atom is -0.306 e. The van der Waals surface area contributed by atoms with Crippen molar-refractivity contribution in [1.29, 1.82) is 0 Å². The molecule has 0 aliphatic carbocycles. The van der Waals surface area contributed by atoms with E-state index in [0.717, 1.165) is 41.3 Å². The number of hydrogen-bond donors (Lipinski definition) is 0. The third-order valence-corrected chi connectivity index (χ3v) is 4.00. The molecule has 0 radical (unpaired) electrons. The lowest BCUT2D eigenvalue weighted by Gasteiger charge is -2.25. The molecule has 6 heteroatoms. The quantitative estimate of drug-likeness (QED) is 0.810. The van der Waals surface area contributed by atoms with Gasteiger partial charge < -0.3 is 4.90 Å². The monoisotopic (exact) mass is 323 g/mol. The summed E-state index contributed by atoms with van der Waals surface area (Å²) < 4.78 is 0.935. The summed E-state index contributed by atoms with van der Waals surface area (Å²) in [5.74, 6) is 0. The van der Waals surface area contributed by atoms with Gasteiger partial charge >= 0.3 is 6.09 Å². The van der Waals surface area contributed by atoms with Crippen LogP contribution in [-0.4, -0.2) is 34.0 Å². The molecule has 19 heavy (non-hydrogen) atoms. The highest BCUT2D eigenvalue weighted by molar-refractivity contribution is 9.10. The van der Waals surface area contributed by atoms with Gasteiger partial charge in [0.1, 0.15) is 5.52 Å². The zero-order chi connectivity index (χ0) is 13.2. The summed E-state index contributed by atoms with van der Waals surface area (Å²) in [7, 11) is 0. The van der Waals surface area contributed by atoms with Gasteiger partial charge in [-0.1, -0.05) is 26.8 Å². The molecule has 1 aliphatic heterocycles. The molecule has 100 valence electrons. The number of likely N-dealkylation sites (tertiary alicyclic amines) is 1. The molecule has 0 saturated carbocycles. The topological polar surface area (TPSA) is 47.4 Å². The third kappa shape index (κ3) is 2.45. The number of amides is 1. The van der Waals surface area contributed by atoms with E-state index >= 15 is 0 Å². The number of benzene rings is 1. The molecule has 2 heterocycles. The van der Waals surface area contributed by atoms with Crippen molar-refractivity contribution in [3.05, 3.63) is 28.9 Å². The van der Waals surface area contributed by atoms with Crippen molar-refractivity contribution in [2.45, 2.75) is 19.3 Å². The average molecular weight is 324 g/mol. The number of rotatable bonds is 1. The molecule has 3 rings (SSSR count). The van der Waals surface area contributed by atoms with Crippen molar-refractivity contribution in [2.24, 2.45) is 0 Å². The van der Waals surface area contributed by atoms with Gasteiger partial charge in [0.2, 0.25) is 0 Å². The third-order valence-electron chi connectivity index (χ3n) is 3.31. The summed E-state index contributed by atoms with van der Waals surface area (Å²) >= 11 is 3.45. The Morgan fingerprint density at radius 2 is 2.05 bits per heavy atom. The predicted octanol–water partition coefficient (Wildman–Crippen LogP) is 2.83. The van der Waals surface area contributed by atoms with Crippen LogP contribution in [0.5, 0.6) is 0 Å². The van der Waals surface area contributed by atoms with Crippen molar-refractivity contribution in [3.63, 3.8) is 0 Å². The van der Waals surface area contributed by atoms with Crippen molar-refractivity contribution in [1.82, 2.24) is 14.8 Å². The van der Waals surface area contributed by atoms with Gasteiger partial charge in [-0.05, 0) is 31.4 Å². The first kappa shape index (κ1) is 12.5. The van der Waals surface area contributed by atoms with Gasteiger partial charge in [-0.15, -0.1) is 5.10 Å². The minimum atomic E-state index is -0.329. The number of halogens is 1. The van der Waals surface area contributed by atoms with Gasteiger partial charge in [-0.3, -0.25) is 4.84 Å². The predicted molar refractivity (Wildman–Crippen MR) is 74.8 cm³/mol. The van der Waals surface area contributed by atoms with E-state index in [1.165, 1.54) is 11.3 Å². The smallest absolute Gasteiger partial charge is 0.306 e. The van der Waals surface area contributed by atoms with Gasteiger partial charge in [0.05, 0.1) is 6.20 Å². The average Bonchev–Trinajstić information content (AvgIpc) is 2.84. The molecule has 0 spiro atoms. The number of hydrogen-bond acceptors (Lipinski definition) is 3. The Labute approximate surface area is 119 Å². The second kappa shape index (κ2) is 5.21. The zero-order valence-corrected chi connectivity index (χ0v) is 12.0. The maximum atomic E-state index is 12.0. The van der Waals surface area contributed by atoms with Crippen molar-refractivity contribution in [2.75, 3.05) is 13.1 Å². The lowest BCUT2D eigenvalue weighted by molar-refractivity contribution is 0.0777. The maximum absolute atomic E-state index is 12.0. The normalized spacial score (nSPS) is 15.7. The molecule has 1 fully saturated rings. The Morgan fingerprint density at radius 1 is 1.26 bits per heavy atom. The number of carbonyl (C=O) groups is 1. The van der Waals surface area contributed by atoms with Gasteiger partial charge in [-0.2, -0.15) is 0 Å². The van der Waals surface area contributed by atoms with E-state index in [-0.39, 0.29) is 6.09 Å². The van der Waals surface area contributed by atoms with Crippen LogP contribution in [0.3, 0.4) is 0 Å². The van der Waals surface area contributed by atoms with E-state index in [4.69, 9.17) is 4.84 Å². The molecule has 1 amide bonds. The van der Waals surface area contributed by atoms with Crippen LogP contribution in [0.2, 0.25) is 0 Å². The SMILES string of the molecule is O=C(On1ncc2c(Br)cccc21)N1CCCCC1. The molecule has 2 aromatic rings. The molecular formula is C13H14BrN3O2. The Balaban J connectivity index is 1.81. The molecule has 0 bridgehead atoms. The van der Waals surface area contributed by atoms with E-state index in [9.17, 15) is 4.79 Å². The largest absolute Gasteiger partial charge is 0.435 e. The minimum absolute atomic E-state index is 0.329. The molecule has 0 unspecified atom stereocenters. The van der Waals surface area contributed by atoms with Crippen molar-refractivity contribution in [3.8, 4) is 0 Å². The van der Waals surface area contributed by atoms with Crippen LogP contribution in [0.4, 0.5) is 4.79 Å². The highest BCUT2D eigenvalue weighted by Gasteiger charge is 2.19. The first-order valence-corrected chi connectivity index (χ1v) is 7.14. The van der Waals surface area contributed by atoms with Gasteiger partial charge in [-0.25, -0.2) is 4.79 Å². The number of piperidine rings is 1. The van der Waals surface area contributed by atoms with Crippen LogP contribution in [0, 0.1) is 0 Å². The first-order valence-electron chi connectivity index (χ1n) is 6.35. The molecule has 5 nitrogen and oxygen atoms in total. The zero-order valence-electron chi connectivity index (χ0n) is 10.4. The molecule has 1 aliphatic rings. The fraction of sp³-hybridized carbons (Fsp3) is 0.385.